The molecule has 0 fully saturated rings. The molecule has 1 aromatic heterocycles. The van der Waals surface area contributed by atoms with Crippen LogP contribution in [-0.2, 0) is 17.8 Å². The standard InChI is InChI=1S/C26H31N3O3/c1-3-5-10-19-13-15-21(16-14-19)27-23(31)18-22(30)24-25(20-11-8-7-9-12-20)29(17-6-4-2)26(32)28-24/h7-9,11-16H,3-6,10,17-18H2,1-2H3,(H,27,31)(H,28,32). The van der Waals surface area contributed by atoms with E-state index in [0.29, 0.717) is 17.9 Å². The summed E-state index contributed by atoms with van der Waals surface area (Å²) >= 11 is 0. The molecule has 0 unspecified atom stereocenters. The number of nitrogens with one attached hydrogen (secondary N) is 2. The van der Waals surface area contributed by atoms with Gasteiger partial charge in [0.2, 0.25) is 5.91 Å². The number of H-pyrrole nitrogens is 1. The van der Waals surface area contributed by atoms with Crippen LogP contribution in [0, 0.1) is 0 Å². The molecule has 6 nitrogen and oxygen atoms in total. The van der Waals surface area contributed by atoms with Crippen LogP contribution in [-0.4, -0.2) is 21.2 Å². The number of Topliss-reactive ketones (excluding diaryl/α,β-unsaturated/α-hetero) is 1. The van der Waals surface area contributed by atoms with Crippen LogP contribution in [0.3, 0.4) is 0 Å². The lowest BCUT2D eigenvalue weighted by Crippen LogP contribution is -2.18. The van der Waals surface area contributed by atoms with Gasteiger partial charge < -0.3 is 10.3 Å². The monoisotopic (exact) mass is 433 g/mol. The van der Waals surface area contributed by atoms with E-state index in [1.54, 1.807) is 4.57 Å². The number of carbonyl (C=O) groups excluding carboxylic acids is 2. The molecule has 0 saturated heterocycles. The van der Waals surface area contributed by atoms with E-state index in [1.807, 2.05) is 61.5 Å². The third kappa shape index (κ3) is 5.84. The van der Waals surface area contributed by atoms with Crippen LogP contribution in [0.25, 0.3) is 11.3 Å². The molecule has 168 valence electrons. The molecule has 0 aliphatic heterocycles. The molecule has 3 aromatic rings. The minimum Gasteiger partial charge on any atom is -0.326 e. The average Bonchev–Trinajstić information content (AvgIpc) is 3.14. The normalized spacial score (nSPS) is 10.8. The third-order valence-electron chi connectivity index (χ3n) is 5.42. The maximum Gasteiger partial charge on any atom is 0.326 e. The maximum atomic E-state index is 13.0. The van der Waals surface area contributed by atoms with Crippen molar-refractivity contribution in [1.29, 1.82) is 0 Å². The van der Waals surface area contributed by atoms with Crippen LogP contribution < -0.4 is 11.0 Å². The molecule has 6 heteroatoms. The Bertz CT molecular complexity index is 1100. The second kappa shape index (κ2) is 11.3. The fourth-order valence-corrected chi connectivity index (χ4v) is 3.67. The van der Waals surface area contributed by atoms with E-state index in [-0.39, 0.29) is 17.8 Å². The van der Waals surface area contributed by atoms with Gasteiger partial charge in [-0.3, -0.25) is 14.2 Å². The molecule has 2 N–H and O–H groups in total. The van der Waals surface area contributed by atoms with Crippen molar-refractivity contribution in [1.82, 2.24) is 9.55 Å². The number of amides is 1. The highest BCUT2D eigenvalue weighted by Crippen LogP contribution is 2.23. The van der Waals surface area contributed by atoms with Gasteiger partial charge in [0, 0.05) is 17.8 Å². The van der Waals surface area contributed by atoms with Gasteiger partial charge in [-0.25, -0.2) is 4.79 Å². The third-order valence-corrected chi connectivity index (χ3v) is 5.42. The van der Waals surface area contributed by atoms with Crippen LogP contribution in [0.15, 0.2) is 59.4 Å². The Morgan fingerprint density at radius 2 is 1.62 bits per heavy atom. The Labute approximate surface area is 188 Å². The number of hydrogen-bond donors (Lipinski definition) is 2. The van der Waals surface area contributed by atoms with Gasteiger partial charge in [0.05, 0.1) is 12.1 Å². The summed E-state index contributed by atoms with van der Waals surface area (Å²) in [6.07, 6.45) is 4.67. The molecule has 2 aromatic carbocycles. The van der Waals surface area contributed by atoms with Crippen LogP contribution in [0.4, 0.5) is 5.69 Å². The van der Waals surface area contributed by atoms with Crippen molar-refractivity contribution >= 4 is 17.4 Å². The summed E-state index contributed by atoms with van der Waals surface area (Å²) in [5.41, 5.74) is 3.04. The quantitative estimate of drug-likeness (QED) is 0.322. The molecule has 0 aliphatic rings. The predicted molar refractivity (Wildman–Crippen MR) is 128 cm³/mol. The number of rotatable bonds is 11. The Morgan fingerprint density at radius 3 is 2.28 bits per heavy atom. The van der Waals surface area contributed by atoms with E-state index < -0.39 is 11.7 Å². The maximum absolute atomic E-state index is 13.0. The van der Waals surface area contributed by atoms with Gasteiger partial charge in [-0.15, -0.1) is 0 Å². The zero-order valence-electron chi connectivity index (χ0n) is 18.8. The molecule has 1 heterocycles. The smallest absolute Gasteiger partial charge is 0.326 e. The van der Waals surface area contributed by atoms with E-state index in [9.17, 15) is 14.4 Å². The summed E-state index contributed by atoms with van der Waals surface area (Å²) < 4.78 is 1.60. The van der Waals surface area contributed by atoms with E-state index in [2.05, 4.69) is 17.2 Å². The molecule has 1 amide bonds. The first-order valence-electron chi connectivity index (χ1n) is 11.3. The topological polar surface area (TPSA) is 84.0 Å². The molecular formula is C26H31N3O3. The van der Waals surface area contributed by atoms with Crippen molar-refractivity contribution in [2.24, 2.45) is 0 Å². The zero-order valence-corrected chi connectivity index (χ0v) is 18.8. The summed E-state index contributed by atoms with van der Waals surface area (Å²) in [5.74, 6) is -0.814. The highest BCUT2D eigenvalue weighted by atomic mass is 16.2. The molecule has 0 aliphatic carbocycles. The Balaban J connectivity index is 1.77. The lowest BCUT2D eigenvalue weighted by Gasteiger charge is -2.10. The average molecular weight is 434 g/mol. The van der Waals surface area contributed by atoms with Gasteiger partial charge in [-0.05, 0) is 37.0 Å². The molecule has 32 heavy (non-hydrogen) atoms. The summed E-state index contributed by atoms with van der Waals surface area (Å²) in [6, 6.07) is 17.0. The molecular weight excluding hydrogens is 402 g/mol. The van der Waals surface area contributed by atoms with Crippen LogP contribution in [0.5, 0.6) is 0 Å². The molecule has 3 rings (SSSR count). The van der Waals surface area contributed by atoms with Gasteiger partial charge in [0.25, 0.3) is 0 Å². The number of ketones is 1. The second-order valence-corrected chi connectivity index (χ2v) is 7.97. The number of nitrogens with zero attached hydrogens (tertiary/aromatic N) is 1. The molecule has 0 radical (unpaired) electrons. The van der Waals surface area contributed by atoms with Crippen LogP contribution in [0.2, 0.25) is 0 Å². The van der Waals surface area contributed by atoms with E-state index >= 15 is 0 Å². The molecule has 0 spiro atoms. The Morgan fingerprint density at radius 1 is 0.938 bits per heavy atom. The first-order chi connectivity index (χ1) is 15.5. The van der Waals surface area contributed by atoms with Gasteiger partial charge in [-0.1, -0.05) is 69.2 Å². The number of benzene rings is 2. The Kier molecular flexibility index (Phi) is 8.20. The fourth-order valence-electron chi connectivity index (χ4n) is 3.67. The minimum atomic E-state index is -0.409. The summed E-state index contributed by atoms with van der Waals surface area (Å²) in [5, 5.41) is 2.78. The summed E-state index contributed by atoms with van der Waals surface area (Å²) in [4.78, 5) is 40.8. The van der Waals surface area contributed by atoms with Gasteiger partial charge in [0.1, 0.15) is 5.69 Å². The highest BCUT2D eigenvalue weighted by Gasteiger charge is 2.23. The lowest BCUT2D eigenvalue weighted by atomic mass is 10.1. The SMILES string of the molecule is CCCCc1ccc(NC(=O)CC(=O)c2[nH]c(=O)n(CCCC)c2-c2ccccc2)cc1. The number of hydrogen-bond acceptors (Lipinski definition) is 3. The second-order valence-electron chi connectivity index (χ2n) is 7.97. The van der Waals surface area contributed by atoms with E-state index in [4.69, 9.17) is 0 Å². The molecule has 0 saturated carbocycles. The number of imidazole rings is 1. The van der Waals surface area contributed by atoms with Crippen molar-refractivity contribution in [2.75, 3.05) is 5.32 Å². The van der Waals surface area contributed by atoms with Crippen LogP contribution in [0.1, 0.15) is 62.0 Å². The molecule has 0 atom stereocenters. The number of aromatic amines is 1. The zero-order chi connectivity index (χ0) is 22.9. The largest absolute Gasteiger partial charge is 0.326 e. The summed E-state index contributed by atoms with van der Waals surface area (Å²) in [6.45, 7) is 4.71. The van der Waals surface area contributed by atoms with Gasteiger partial charge >= 0.3 is 5.69 Å². The lowest BCUT2D eigenvalue weighted by molar-refractivity contribution is -0.115. The van der Waals surface area contributed by atoms with Crippen molar-refractivity contribution in [3.8, 4) is 11.3 Å². The number of anilines is 1. The minimum absolute atomic E-state index is 0.183. The number of carbonyl (C=O) groups is 2. The first kappa shape index (κ1) is 23.3. The van der Waals surface area contributed by atoms with Crippen molar-refractivity contribution in [2.45, 2.75) is 58.9 Å². The number of aromatic nitrogens is 2. The predicted octanol–water partition coefficient (Wildman–Crippen LogP) is 5.20. The van der Waals surface area contributed by atoms with Crippen molar-refractivity contribution in [3.05, 3.63) is 76.3 Å². The van der Waals surface area contributed by atoms with Crippen molar-refractivity contribution in [3.63, 3.8) is 0 Å². The van der Waals surface area contributed by atoms with Gasteiger partial charge in [0.15, 0.2) is 5.78 Å². The highest BCUT2D eigenvalue weighted by molar-refractivity contribution is 6.12. The Hall–Kier alpha value is -3.41. The van der Waals surface area contributed by atoms with Crippen molar-refractivity contribution < 1.29 is 9.59 Å². The number of unbranched alkanes of at least 4 members (excludes halogenated alkanes) is 2. The van der Waals surface area contributed by atoms with Crippen LogP contribution >= 0.6 is 0 Å². The first-order valence-corrected chi connectivity index (χ1v) is 11.3. The molecule has 0 bridgehead atoms. The van der Waals surface area contributed by atoms with E-state index in [0.717, 1.165) is 37.7 Å². The van der Waals surface area contributed by atoms with E-state index in [1.165, 1.54) is 5.56 Å². The summed E-state index contributed by atoms with van der Waals surface area (Å²) in [7, 11) is 0. The number of aryl methyl sites for hydroxylation is 1. The van der Waals surface area contributed by atoms with Gasteiger partial charge in [-0.2, -0.15) is 0 Å². The fraction of sp³-hybridized carbons (Fsp3) is 0.346.